The van der Waals surface area contributed by atoms with Crippen molar-refractivity contribution in [2.75, 3.05) is 0 Å². The van der Waals surface area contributed by atoms with E-state index in [2.05, 4.69) is 195 Å². The molecule has 2 heterocycles. The lowest BCUT2D eigenvalue weighted by Crippen LogP contribution is -2.15. The number of pyridine rings is 1. The summed E-state index contributed by atoms with van der Waals surface area (Å²) in [4.78, 5) is 14.8. The summed E-state index contributed by atoms with van der Waals surface area (Å²) in [5.74, 6) is 0.695. The van der Waals surface area contributed by atoms with Crippen molar-refractivity contribution in [1.82, 2.24) is 15.0 Å². The highest BCUT2D eigenvalue weighted by molar-refractivity contribution is 6.04. The van der Waals surface area contributed by atoms with Crippen molar-refractivity contribution in [2.24, 2.45) is 0 Å². The van der Waals surface area contributed by atoms with E-state index in [-0.39, 0.29) is 5.41 Å². The molecule has 0 bridgehead atoms. The van der Waals surface area contributed by atoms with Gasteiger partial charge < -0.3 is 0 Å². The van der Waals surface area contributed by atoms with Crippen molar-refractivity contribution in [3.05, 3.63) is 212 Å². The van der Waals surface area contributed by atoms with Crippen LogP contribution in [-0.4, -0.2) is 15.0 Å². The molecule has 0 N–H and O–H groups in total. The molecule has 0 radical (unpaired) electrons. The Kier molecular flexibility index (Phi) is 8.16. The zero-order chi connectivity index (χ0) is 39.5. The van der Waals surface area contributed by atoms with Crippen LogP contribution >= 0.6 is 0 Å². The number of rotatable bonds is 6. The lowest BCUT2D eigenvalue weighted by molar-refractivity contribution is 0.666. The van der Waals surface area contributed by atoms with E-state index in [1.54, 1.807) is 6.20 Å². The topological polar surface area (TPSA) is 38.7 Å². The summed E-state index contributed by atoms with van der Waals surface area (Å²) in [6, 6.07) is 67.5. The van der Waals surface area contributed by atoms with Crippen molar-refractivity contribution in [3.63, 3.8) is 0 Å². The first kappa shape index (κ1) is 34.7. The number of aromatic nitrogens is 3. The van der Waals surface area contributed by atoms with E-state index in [1.807, 2.05) is 18.3 Å². The number of benzene rings is 8. The molecule has 0 aliphatic heterocycles. The third kappa shape index (κ3) is 5.94. The molecule has 3 nitrogen and oxygen atoms in total. The fraction of sp³-hybridized carbons (Fsp3) is 0.0536. The quantitative estimate of drug-likeness (QED) is 0.170. The molecule has 0 unspecified atom stereocenters. The lowest BCUT2D eigenvalue weighted by Gasteiger charge is -2.23. The van der Waals surface area contributed by atoms with Gasteiger partial charge in [0.1, 0.15) is 0 Å². The second-order valence-electron chi connectivity index (χ2n) is 16.0. The van der Waals surface area contributed by atoms with Crippen LogP contribution in [0.25, 0.3) is 100.0 Å². The molecule has 11 rings (SSSR count). The first-order chi connectivity index (χ1) is 29.0. The highest BCUT2D eigenvalue weighted by Gasteiger charge is 2.37. The van der Waals surface area contributed by atoms with Crippen LogP contribution in [0, 0.1) is 0 Å². The summed E-state index contributed by atoms with van der Waals surface area (Å²) in [5, 5.41) is 4.92. The summed E-state index contributed by atoms with van der Waals surface area (Å²) in [6.07, 6.45) is 3.70. The number of fused-ring (bicyclic) bond motifs is 6. The Labute approximate surface area is 344 Å². The highest BCUT2D eigenvalue weighted by Crippen LogP contribution is 2.52. The highest BCUT2D eigenvalue weighted by atomic mass is 14.9. The minimum atomic E-state index is -0.0675. The molecular formula is C56H39N3. The Bertz CT molecular complexity index is 3220. The van der Waals surface area contributed by atoms with Crippen molar-refractivity contribution in [1.29, 1.82) is 0 Å². The van der Waals surface area contributed by atoms with Crippen molar-refractivity contribution >= 4 is 21.5 Å². The molecule has 0 fully saturated rings. The van der Waals surface area contributed by atoms with Crippen LogP contribution in [0.5, 0.6) is 0 Å². The monoisotopic (exact) mass is 753 g/mol. The second-order valence-corrected chi connectivity index (χ2v) is 16.0. The van der Waals surface area contributed by atoms with E-state index in [0.29, 0.717) is 5.82 Å². The average molecular weight is 754 g/mol. The van der Waals surface area contributed by atoms with Gasteiger partial charge in [-0.2, -0.15) is 0 Å². The maximum absolute atomic E-state index is 5.27. The second kappa shape index (κ2) is 13.9. The Balaban J connectivity index is 0.977. The predicted molar refractivity (Wildman–Crippen MR) is 245 cm³/mol. The summed E-state index contributed by atoms with van der Waals surface area (Å²) < 4.78 is 0. The van der Waals surface area contributed by atoms with Crippen molar-refractivity contribution in [2.45, 2.75) is 19.3 Å². The van der Waals surface area contributed by atoms with Gasteiger partial charge >= 0.3 is 0 Å². The fourth-order valence-corrected chi connectivity index (χ4v) is 9.25. The van der Waals surface area contributed by atoms with Crippen LogP contribution in [0.15, 0.2) is 200 Å². The van der Waals surface area contributed by atoms with Gasteiger partial charge in [0, 0.05) is 40.1 Å². The molecule has 0 spiro atoms. The number of nitrogens with zero attached hydrogens (tertiary/aromatic N) is 3. The van der Waals surface area contributed by atoms with Gasteiger partial charge in [0.2, 0.25) is 0 Å². The minimum absolute atomic E-state index is 0.0675. The molecule has 0 saturated carbocycles. The Hall–Kier alpha value is -7.49. The largest absolute Gasteiger partial charge is 0.264 e. The molecule has 0 saturated heterocycles. The molecule has 59 heavy (non-hydrogen) atoms. The summed E-state index contributed by atoms with van der Waals surface area (Å²) in [5.41, 5.74) is 17.2. The molecule has 278 valence electrons. The Morgan fingerprint density at radius 3 is 1.78 bits per heavy atom. The average Bonchev–Trinajstić information content (AvgIpc) is 3.54. The van der Waals surface area contributed by atoms with Gasteiger partial charge in [0.05, 0.1) is 11.4 Å². The number of hydrogen-bond acceptors (Lipinski definition) is 3. The van der Waals surface area contributed by atoms with E-state index in [0.717, 1.165) is 50.0 Å². The van der Waals surface area contributed by atoms with Gasteiger partial charge in [-0.1, -0.05) is 172 Å². The van der Waals surface area contributed by atoms with Gasteiger partial charge in [-0.15, -0.1) is 0 Å². The van der Waals surface area contributed by atoms with Gasteiger partial charge in [0.25, 0.3) is 0 Å². The van der Waals surface area contributed by atoms with Crippen LogP contribution in [-0.2, 0) is 5.41 Å². The first-order valence-electron chi connectivity index (χ1n) is 20.2. The summed E-state index contributed by atoms with van der Waals surface area (Å²) in [7, 11) is 0. The van der Waals surface area contributed by atoms with Gasteiger partial charge in [-0.3, -0.25) is 4.98 Å². The molecular weight excluding hydrogens is 715 g/mol. The van der Waals surface area contributed by atoms with Gasteiger partial charge in [-0.25, -0.2) is 9.97 Å². The smallest absolute Gasteiger partial charge is 0.161 e. The SMILES string of the molecule is CC1(C)c2ccc(-c3ccc(-c4ccc(-c5nc(-c6ccccc6)cc(-c6cccc(-c7cccnc7)c6)n5)c5ccccc45)cc3)cc2-c2ccc3ccccc3c21. The molecule has 1 aliphatic rings. The van der Waals surface area contributed by atoms with E-state index in [1.165, 1.54) is 55.3 Å². The zero-order valence-electron chi connectivity index (χ0n) is 32.9. The van der Waals surface area contributed by atoms with E-state index < -0.39 is 0 Å². The number of hydrogen-bond donors (Lipinski definition) is 0. The van der Waals surface area contributed by atoms with Gasteiger partial charge in [0.15, 0.2) is 5.82 Å². The molecule has 10 aromatic rings. The Morgan fingerprint density at radius 1 is 0.373 bits per heavy atom. The van der Waals surface area contributed by atoms with Crippen molar-refractivity contribution < 1.29 is 0 Å². The predicted octanol–water partition coefficient (Wildman–Crippen LogP) is 14.5. The van der Waals surface area contributed by atoms with Crippen LogP contribution < -0.4 is 0 Å². The molecule has 1 aliphatic carbocycles. The third-order valence-electron chi connectivity index (χ3n) is 12.2. The summed E-state index contributed by atoms with van der Waals surface area (Å²) in [6.45, 7) is 4.73. The summed E-state index contributed by atoms with van der Waals surface area (Å²) >= 11 is 0. The standard InChI is InChI=1S/C56H39N3/c1-56(2)51-30-26-41(33-50(51)48-27-25-37-12-6-7-18-45(37)54(48)56)36-21-23-38(24-22-36)44-28-29-49(47-20-9-8-19-46(44)47)55-58-52(39-13-4-3-5-14-39)34-53(59-55)42-16-10-15-40(32-42)43-17-11-31-57-35-43/h3-35H,1-2H3. The van der Waals surface area contributed by atoms with Crippen LogP contribution in [0.3, 0.4) is 0 Å². The molecule has 8 aromatic carbocycles. The maximum atomic E-state index is 5.27. The molecule has 0 amide bonds. The molecule has 0 atom stereocenters. The zero-order valence-corrected chi connectivity index (χ0v) is 32.9. The third-order valence-corrected chi connectivity index (χ3v) is 12.2. The maximum Gasteiger partial charge on any atom is 0.161 e. The molecule has 2 aromatic heterocycles. The minimum Gasteiger partial charge on any atom is -0.264 e. The van der Waals surface area contributed by atoms with Gasteiger partial charge in [-0.05, 0) is 102 Å². The lowest BCUT2D eigenvalue weighted by atomic mass is 9.80. The van der Waals surface area contributed by atoms with E-state index in [4.69, 9.17) is 9.97 Å². The van der Waals surface area contributed by atoms with E-state index in [9.17, 15) is 0 Å². The van der Waals surface area contributed by atoms with Crippen LogP contribution in [0.4, 0.5) is 0 Å². The Morgan fingerprint density at radius 2 is 0.983 bits per heavy atom. The van der Waals surface area contributed by atoms with Crippen LogP contribution in [0.1, 0.15) is 25.0 Å². The first-order valence-corrected chi connectivity index (χ1v) is 20.2. The van der Waals surface area contributed by atoms with Crippen molar-refractivity contribution in [3.8, 4) is 78.4 Å². The molecule has 3 heteroatoms. The fourth-order valence-electron chi connectivity index (χ4n) is 9.25. The van der Waals surface area contributed by atoms with Crippen LogP contribution in [0.2, 0.25) is 0 Å². The van der Waals surface area contributed by atoms with E-state index >= 15 is 0 Å². The normalized spacial score (nSPS) is 12.7.